The van der Waals surface area contributed by atoms with Crippen molar-refractivity contribution in [2.24, 2.45) is 5.92 Å². The molecule has 1 amide bonds. The number of hydrogen-bond acceptors (Lipinski definition) is 3. The summed E-state index contributed by atoms with van der Waals surface area (Å²) < 4.78 is 5.12. The van der Waals surface area contributed by atoms with Crippen LogP contribution in [-0.2, 0) is 16.0 Å². The van der Waals surface area contributed by atoms with Gasteiger partial charge in [0.1, 0.15) is 11.8 Å². The van der Waals surface area contributed by atoms with Gasteiger partial charge in [0.15, 0.2) is 0 Å². The lowest BCUT2D eigenvalue weighted by Crippen LogP contribution is -2.45. The summed E-state index contributed by atoms with van der Waals surface area (Å²) in [7, 11) is 1.59. The molecule has 0 unspecified atom stereocenters. The van der Waals surface area contributed by atoms with Crippen LogP contribution in [0, 0.1) is 12.8 Å². The predicted octanol–water partition coefficient (Wildman–Crippen LogP) is 2.16. The van der Waals surface area contributed by atoms with Gasteiger partial charge in [-0.3, -0.25) is 4.79 Å². The highest BCUT2D eigenvalue weighted by molar-refractivity contribution is 5.85. The summed E-state index contributed by atoms with van der Waals surface area (Å²) in [5.74, 6) is -0.650. The summed E-state index contributed by atoms with van der Waals surface area (Å²) >= 11 is 0. The first-order valence-electron chi connectivity index (χ1n) is 7.04. The third kappa shape index (κ3) is 4.77. The maximum absolute atomic E-state index is 12.0. The molecule has 2 N–H and O–H groups in total. The molecule has 0 bridgehead atoms. The third-order valence-corrected chi connectivity index (χ3v) is 3.70. The third-order valence-electron chi connectivity index (χ3n) is 3.70. The van der Waals surface area contributed by atoms with Crippen LogP contribution in [0.2, 0.25) is 0 Å². The molecule has 21 heavy (non-hydrogen) atoms. The van der Waals surface area contributed by atoms with Gasteiger partial charge >= 0.3 is 5.97 Å². The number of methoxy groups -OCH3 is 1. The molecular formula is C16H23NO4. The van der Waals surface area contributed by atoms with E-state index in [1.807, 2.05) is 32.9 Å². The molecule has 5 nitrogen and oxygen atoms in total. The van der Waals surface area contributed by atoms with Crippen LogP contribution in [0.25, 0.3) is 0 Å². The molecule has 0 saturated heterocycles. The van der Waals surface area contributed by atoms with Gasteiger partial charge in [-0.25, -0.2) is 4.79 Å². The number of amides is 1. The number of aliphatic carboxylic acids is 1. The number of carbonyl (C=O) groups is 2. The fraction of sp³-hybridized carbons (Fsp3) is 0.500. The molecule has 0 aromatic heterocycles. The number of benzene rings is 1. The van der Waals surface area contributed by atoms with E-state index in [4.69, 9.17) is 4.74 Å². The van der Waals surface area contributed by atoms with Crippen molar-refractivity contribution in [2.75, 3.05) is 7.11 Å². The molecule has 0 aliphatic carbocycles. The summed E-state index contributed by atoms with van der Waals surface area (Å²) in [5, 5.41) is 11.8. The standard InChI is InChI=1S/C16H23NO4/c1-5-10(2)15(16(19)20)17-14(18)9-12-6-7-13(21-4)8-11(12)3/h6-8,10,15H,5,9H2,1-4H3,(H,17,18)(H,19,20)/t10-,15-/m0/s1. The topological polar surface area (TPSA) is 75.6 Å². The van der Waals surface area contributed by atoms with E-state index in [0.29, 0.717) is 6.42 Å². The van der Waals surface area contributed by atoms with Crippen LogP contribution >= 0.6 is 0 Å². The van der Waals surface area contributed by atoms with Crippen molar-refractivity contribution >= 4 is 11.9 Å². The van der Waals surface area contributed by atoms with Crippen LogP contribution in [0.15, 0.2) is 18.2 Å². The van der Waals surface area contributed by atoms with Crippen molar-refractivity contribution in [1.82, 2.24) is 5.32 Å². The number of rotatable bonds is 7. The Labute approximate surface area is 125 Å². The van der Waals surface area contributed by atoms with Crippen molar-refractivity contribution in [1.29, 1.82) is 0 Å². The zero-order chi connectivity index (χ0) is 16.0. The van der Waals surface area contributed by atoms with E-state index in [1.54, 1.807) is 13.2 Å². The van der Waals surface area contributed by atoms with Gasteiger partial charge in [-0.05, 0) is 36.1 Å². The summed E-state index contributed by atoms with van der Waals surface area (Å²) in [4.78, 5) is 23.3. The molecule has 0 saturated carbocycles. The Morgan fingerprint density at radius 2 is 2.05 bits per heavy atom. The van der Waals surface area contributed by atoms with E-state index in [1.165, 1.54) is 0 Å². The monoisotopic (exact) mass is 293 g/mol. The number of carbonyl (C=O) groups excluding carboxylic acids is 1. The lowest BCUT2D eigenvalue weighted by atomic mass is 9.98. The van der Waals surface area contributed by atoms with Crippen LogP contribution in [0.5, 0.6) is 5.75 Å². The molecule has 0 radical (unpaired) electrons. The van der Waals surface area contributed by atoms with Crippen molar-refractivity contribution in [3.63, 3.8) is 0 Å². The second-order valence-electron chi connectivity index (χ2n) is 5.24. The largest absolute Gasteiger partial charge is 0.497 e. The van der Waals surface area contributed by atoms with Gasteiger partial charge in [0.25, 0.3) is 0 Å². The second-order valence-corrected chi connectivity index (χ2v) is 5.24. The highest BCUT2D eigenvalue weighted by Crippen LogP contribution is 2.17. The van der Waals surface area contributed by atoms with E-state index in [9.17, 15) is 14.7 Å². The van der Waals surface area contributed by atoms with E-state index in [0.717, 1.165) is 16.9 Å². The molecule has 0 aliphatic rings. The van der Waals surface area contributed by atoms with Gasteiger partial charge < -0.3 is 15.2 Å². The van der Waals surface area contributed by atoms with Crippen LogP contribution < -0.4 is 10.1 Å². The van der Waals surface area contributed by atoms with Crippen LogP contribution in [0.4, 0.5) is 0 Å². The zero-order valence-corrected chi connectivity index (χ0v) is 13.0. The first kappa shape index (κ1) is 17.0. The zero-order valence-electron chi connectivity index (χ0n) is 13.0. The molecule has 0 spiro atoms. The SMILES string of the molecule is CC[C@H](C)[C@H](NC(=O)Cc1ccc(OC)cc1C)C(=O)O. The predicted molar refractivity (Wildman–Crippen MR) is 80.5 cm³/mol. The summed E-state index contributed by atoms with van der Waals surface area (Å²) in [5.41, 5.74) is 1.81. The molecule has 2 atom stereocenters. The molecule has 0 heterocycles. The molecule has 1 aromatic rings. The van der Waals surface area contributed by atoms with E-state index in [2.05, 4.69) is 5.32 Å². The van der Waals surface area contributed by atoms with Crippen LogP contribution in [0.1, 0.15) is 31.4 Å². The fourth-order valence-corrected chi connectivity index (χ4v) is 2.07. The minimum absolute atomic E-state index is 0.108. The van der Waals surface area contributed by atoms with Gasteiger partial charge in [0.05, 0.1) is 13.5 Å². The molecule has 0 fully saturated rings. The normalized spacial score (nSPS) is 13.3. The smallest absolute Gasteiger partial charge is 0.326 e. The quantitative estimate of drug-likeness (QED) is 0.808. The number of ether oxygens (including phenoxy) is 1. The van der Waals surface area contributed by atoms with Gasteiger partial charge in [-0.1, -0.05) is 26.3 Å². The number of carboxylic acids is 1. The van der Waals surface area contributed by atoms with E-state index < -0.39 is 12.0 Å². The highest BCUT2D eigenvalue weighted by atomic mass is 16.5. The Morgan fingerprint density at radius 1 is 1.38 bits per heavy atom. The molecule has 1 aromatic carbocycles. The summed E-state index contributed by atoms with van der Waals surface area (Å²) in [6.45, 7) is 5.62. The maximum Gasteiger partial charge on any atom is 0.326 e. The van der Waals surface area contributed by atoms with Crippen molar-refractivity contribution in [3.8, 4) is 5.75 Å². The van der Waals surface area contributed by atoms with Crippen molar-refractivity contribution < 1.29 is 19.4 Å². The van der Waals surface area contributed by atoms with Crippen LogP contribution in [-0.4, -0.2) is 30.1 Å². The van der Waals surface area contributed by atoms with Crippen LogP contribution in [0.3, 0.4) is 0 Å². The van der Waals surface area contributed by atoms with Gasteiger partial charge in [-0.2, -0.15) is 0 Å². The first-order chi connectivity index (χ1) is 9.88. The molecule has 116 valence electrons. The Kier molecular flexibility index (Phi) is 6.21. The first-order valence-corrected chi connectivity index (χ1v) is 7.04. The highest BCUT2D eigenvalue weighted by Gasteiger charge is 2.25. The van der Waals surface area contributed by atoms with E-state index in [-0.39, 0.29) is 18.2 Å². The lowest BCUT2D eigenvalue weighted by Gasteiger charge is -2.20. The minimum atomic E-state index is -0.996. The minimum Gasteiger partial charge on any atom is -0.497 e. The molecule has 5 heteroatoms. The van der Waals surface area contributed by atoms with Gasteiger partial charge in [0.2, 0.25) is 5.91 Å². The number of nitrogens with one attached hydrogen (secondary N) is 1. The lowest BCUT2D eigenvalue weighted by molar-refractivity contribution is -0.143. The van der Waals surface area contributed by atoms with E-state index >= 15 is 0 Å². The summed E-state index contributed by atoms with van der Waals surface area (Å²) in [6.07, 6.45) is 0.856. The second kappa shape index (κ2) is 7.67. The van der Waals surface area contributed by atoms with Gasteiger partial charge in [-0.15, -0.1) is 0 Å². The Bertz CT molecular complexity index is 513. The van der Waals surface area contributed by atoms with Crippen molar-refractivity contribution in [3.05, 3.63) is 29.3 Å². The summed E-state index contributed by atoms with van der Waals surface area (Å²) in [6, 6.07) is 4.62. The van der Waals surface area contributed by atoms with Crippen molar-refractivity contribution in [2.45, 2.75) is 39.7 Å². The number of hydrogen-bond donors (Lipinski definition) is 2. The Morgan fingerprint density at radius 3 is 2.52 bits per heavy atom. The number of aryl methyl sites for hydroxylation is 1. The Balaban J connectivity index is 2.74. The average molecular weight is 293 g/mol. The molecular weight excluding hydrogens is 270 g/mol. The molecule has 1 rings (SSSR count). The average Bonchev–Trinajstić information content (AvgIpc) is 2.45. The van der Waals surface area contributed by atoms with Gasteiger partial charge in [0, 0.05) is 0 Å². The Hall–Kier alpha value is -2.04. The molecule has 0 aliphatic heterocycles. The maximum atomic E-state index is 12.0. The fourth-order valence-electron chi connectivity index (χ4n) is 2.07. The number of carboxylic acid groups (broad SMARTS) is 1.